The fourth-order valence-corrected chi connectivity index (χ4v) is 6.22. The summed E-state index contributed by atoms with van der Waals surface area (Å²) in [7, 11) is -2.68. The molecule has 8 nitrogen and oxygen atoms in total. The standard InChI is InChI=1S/C30H35Cl2N3O5S/c1-5-21(3)33-30(37)27(6-2)34(19-22-12-15-24(40-4)16-13-22)29(36)20-35(28-17-14-23(31)18-26(28)32)41(38,39)25-10-8-7-9-11-25/h7-18,21,27H,5-6,19-20H2,1-4H3,(H,33,37). The Morgan fingerprint density at radius 1 is 0.951 bits per heavy atom. The van der Waals surface area contributed by atoms with Crippen LogP contribution in [0.2, 0.25) is 10.0 Å². The Hall–Kier alpha value is -3.27. The van der Waals surface area contributed by atoms with E-state index in [9.17, 15) is 18.0 Å². The van der Waals surface area contributed by atoms with Crippen LogP contribution in [0.4, 0.5) is 5.69 Å². The molecule has 0 radical (unpaired) electrons. The van der Waals surface area contributed by atoms with Gasteiger partial charge in [0, 0.05) is 17.6 Å². The highest BCUT2D eigenvalue weighted by atomic mass is 35.5. The van der Waals surface area contributed by atoms with Crippen LogP contribution in [0.5, 0.6) is 5.75 Å². The smallest absolute Gasteiger partial charge is 0.264 e. The molecule has 0 bridgehead atoms. The van der Waals surface area contributed by atoms with E-state index in [1.807, 2.05) is 20.8 Å². The van der Waals surface area contributed by atoms with Gasteiger partial charge in [0.1, 0.15) is 18.3 Å². The van der Waals surface area contributed by atoms with Gasteiger partial charge in [0.05, 0.1) is 22.7 Å². The van der Waals surface area contributed by atoms with Crippen LogP contribution in [0.1, 0.15) is 39.2 Å². The van der Waals surface area contributed by atoms with Gasteiger partial charge in [-0.25, -0.2) is 8.42 Å². The quantitative estimate of drug-likeness (QED) is 0.256. The van der Waals surface area contributed by atoms with Crippen molar-refractivity contribution in [3.05, 3.63) is 88.4 Å². The van der Waals surface area contributed by atoms with Crippen LogP contribution in [0.15, 0.2) is 77.7 Å². The predicted molar refractivity (Wildman–Crippen MR) is 163 cm³/mol. The van der Waals surface area contributed by atoms with Crippen LogP contribution in [0.3, 0.4) is 0 Å². The van der Waals surface area contributed by atoms with E-state index in [1.54, 1.807) is 49.6 Å². The van der Waals surface area contributed by atoms with Crippen LogP contribution in [0, 0.1) is 0 Å². The van der Waals surface area contributed by atoms with Crippen LogP contribution in [-0.4, -0.2) is 50.9 Å². The van der Waals surface area contributed by atoms with Crippen molar-refractivity contribution in [3.63, 3.8) is 0 Å². The Bertz CT molecular complexity index is 1440. The lowest BCUT2D eigenvalue weighted by Gasteiger charge is -2.34. The van der Waals surface area contributed by atoms with Crippen molar-refractivity contribution in [2.45, 2.75) is 57.1 Å². The summed E-state index contributed by atoms with van der Waals surface area (Å²) < 4.78 is 34.0. The third kappa shape index (κ3) is 8.15. The topological polar surface area (TPSA) is 96.0 Å². The van der Waals surface area contributed by atoms with E-state index < -0.39 is 28.5 Å². The molecule has 2 atom stereocenters. The lowest BCUT2D eigenvalue weighted by Crippen LogP contribution is -2.53. The molecular weight excluding hydrogens is 585 g/mol. The molecule has 2 unspecified atom stereocenters. The zero-order valence-electron chi connectivity index (χ0n) is 23.5. The second kappa shape index (κ2) is 14.6. The highest BCUT2D eigenvalue weighted by Gasteiger charge is 2.34. The summed E-state index contributed by atoms with van der Waals surface area (Å²) in [5.41, 5.74) is 0.839. The monoisotopic (exact) mass is 619 g/mol. The molecule has 0 saturated heterocycles. The number of halogens is 2. The number of amides is 2. The molecule has 2 amide bonds. The molecule has 0 aromatic heterocycles. The molecule has 1 N–H and O–H groups in total. The van der Waals surface area contributed by atoms with E-state index in [0.29, 0.717) is 23.6 Å². The van der Waals surface area contributed by atoms with Gasteiger partial charge in [0.15, 0.2) is 0 Å². The van der Waals surface area contributed by atoms with Gasteiger partial charge < -0.3 is 15.0 Å². The van der Waals surface area contributed by atoms with E-state index in [0.717, 1.165) is 9.87 Å². The van der Waals surface area contributed by atoms with Crippen molar-refractivity contribution in [1.82, 2.24) is 10.2 Å². The van der Waals surface area contributed by atoms with Crippen LogP contribution in [0.25, 0.3) is 0 Å². The van der Waals surface area contributed by atoms with Gasteiger partial charge in [0.25, 0.3) is 10.0 Å². The van der Waals surface area contributed by atoms with Gasteiger partial charge in [-0.15, -0.1) is 0 Å². The van der Waals surface area contributed by atoms with Crippen molar-refractivity contribution < 1.29 is 22.7 Å². The summed E-state index contributed by atoms with van der Waals surface area (Å²) in [6.07, 6.45) is 1.03. The van der Waals surface area contributed by atoms with Crippen molar-refractivity contribution >= 4 is 50.7 Å². The molecule has 3 rings (SSSR count). The van der Waals surface area contributed by atoms with Crippen molar-refractivity contribution in [1.29, 1.82) is 0 Å². The first-order valence-electron chi connectivity index (χ1n) is 13.3. The molecule has 0 aliphatic carbocycles. The molecule has 41 heavy (non-hydrogen) atoms. The molecule has 220 valence electrons. The first-order chi connectivity index (χ1) is 19.5. The van der Waals surface area contributed by atoms with E-state index >= 15 is 0 Å². The summed E-state index contributed by atoms with van der Waals surface area (Å²) in [6, 6.07) is 18.3. The second-order valence-corrected chi connectivity index (χ2v) is 12.2. The number of hydrogen-bond acceptors (Lipinski definition) is 5. The minimum Gasteiger partial charge on any atom is -0.497 e. The number of rotatable bonds is 13. The van der Waals surface area contributed by atoms with E-state index in [2.05, 4.69) is 5.32 Å². The molecule has 3 aromatic carbocycles. The van der Waals surface area contributed by atoms with Gasteiger partial charge in [-0.2, -0.15) is 0 Å². The largest absolute Gasteiger partial charge is 0.497 e. The fraction of sp³-hybridized carbons (Fsp3) is 0.333. The van der Waals surface area contributed by atoms with E-state index in [4.69, 9.17) is 27.9 Å². The van der Waals surface area contributed by atoms with Gasteiger partial charge in [-0.05, 0) is 67.8 Å². The number of nitrogens with one attached hydrogen (secondary N) is 1. The zero-order chi connectivity index (χ0) is 30.2. The zero-order valence-corrected chi connectivity index (χ0v) is 25.8. The summed E-state index contributed by atoms with van der Waals surface area (Å²) in [4.78, 5) is 28.9. The lowest BCUT2D eigenvalue weighted by molar-refractivity contribution is -0.140. The Kier molecular flexibility index (Phi) is 11.5. The number of carbonyl (C=O) groups excluding carboxylic acids is 2. The third-order valence-electron chi connectivity index (χ3n) is 6.69. The van der Waals surface area contributed by atoms with Gasteiger partial charge >= 0.3 is 0 Å². The highest BCUT2D eigenvalue weighted by Crippen LogP contribution is 2.33. The second-order valence-electron chi connectivity index (χ2n) is 9.53. The van der Waals surface area contributed by atoms with E-state index in [-0.39, 0.29) is 34.1 Å². The van der Waals surface area contributed by atoms with Crippen molar-refractivity contribution in [2.24, 2.45) is 0 Å². The number of benzene rings is 3. The number of sulfonamides is 1. The maximum absolute atomic E-state index is 14.1. The molecule has 0 aliphatic rings. The number of methoxy groups -OCH3 is 1. The van der Waals surface area contributed by atoms with E-state index in [1.165, 1.54) is 35.2 Å². The Labute approximate surface area is 252 Å². The average Bonchev–Trinajstić information content (AvgIpc) is 2.96. The number of anilines is 1. The molecule has 3 aromatic rings. The SMILES string of the molecule is CCC(C)NC(=O)C(CC)N(Cc1ccc(OC)cc1)C(=O)CN(c1ccc(Cl)cc1Cl)S(=O)(=O)c1ccccc1. The summed E-state index contributed by atoms with van der Waals surface area (Å²) in [6.45, 7) is 5.12. The first-order valence-corrected chi connectivity index (χ1v) is 15.5. The molecule has 0 spiro atoms. The lowest BCUT2D eigenvalue weighted by atomic mass is 10.1. The molecule has 0 fully saturated rings. The average molecular weight is 621 g/mol. The fourth-order valence-electron chi connectivity index (χ4n) is 4.20. The number of hydrogen-bond donors (Lipinski definition) is 1. The predicted octanol–water partition coefficient (Wildman–Crippen LogP) is 5.92. The molecule has 11 heteroatoms. The molecular formula is C30H35Cl2N3O5S. The Morgan fingerprint density at radius 3 is 2.17 bits per heavy atom. The van der Waals surface area contributed by atoms with Crippen LogP contribution >= 0.6 is 23.2 Å². The number of carbonyl (C=O) groups is 2. The molecule has 0 aliphatic heterocycles. The van der Waals surface area contributed by atoms with Crippen molar-refractivity contribution in [2.75, 3.05) is 18.0 Å². The Morgan fingerprint density at radius 2 is 1.61 bits per heavy atom. The first kappa shape index (κ1) is 32.2. The number of ether oxygens (including phenoxy) is 1. The van der Waals surface area contributed by atoms with Gasteiger partial charge in [-0.3, -0.25) is 13.9 Å². The minimum absolute atomic E-state index is 0.0120. The maximum Gasteiger partial charge on any atom is 0.264 e. The number of nitrogens with zero attached hydrogens (tertiary/aromatic N) is 2. The molecule has 0 heterocycles. The van der Waals surface area contributed by atoms with Gasteiger partial charge in [0.2, 0.25) is 11.8 Å². The van der Waals surface area contributed by atoms with Crippen LogP contribution in [-0.2, 0) is 26.2 Å². The summed E-state index contributed by atoms with van der Waals surface area (Å²) in [5, 5.41) is 3.33. The normalized spacial score (nSPS) is 12.7. The third-order valence-corrected chi connectivity index (χ3v) is 9.00. The minimum atomic E-state index is -4.23. The summed E-state index contributed by atoms with van der Waals surface area (Å²) >= 11 is 12.5. The van der Waals surface area contributed by atoms with Crippen LogP contribution < -0.4 is 14.4 Å². The molecule has 0 saturated carbocycles. The highest BCUT2D eigenvalue weighted by molar-refractivity contribution is 7.92. The Balaban J connectivity index is 2.07. The summed E-state index contributed by atoms with van der Waals surface area (Å²) in [5.74, 6) is -0.242. The van der Waals surface area contributed by atoms with Crippen molar-refractivity contribution in [3.8, 4) is 5.75 Å². The van der Waals surface area contributed by atoms with Gasteiger partial charge in [-0.1, -0.05) is 67.4 Å². The maximum atomic E-state index is 14.1.